The van der Waals surface area contributed by atoms with Crippen LogP contribution in [0.3, 0.4) is 0 Å². The van der Waals surface area contributed by atoms with Gasteiger partial charge in [0.15, 0.2) is 0 Å². The minimum atomic E-state index is 0.806. The fraction of sp³-hybridized carbons (Fsp3) is 0.727. The topological polar surface area (TPSA) is 18.5 Å². The van der Waals surface area contributed by atoms with Crippen LogP contribution in [0.25, 0.3) is 0 Å². The van der Waals surface area contributed by atoms with Crippen molar-refractivity contribution < 1.29 is 9.47 Å². The first-order valence-electron chi connectivity index (χ1n) is 9.86. The van der Waals surface area contributed by atoms with Crippen molar-refractivity contribution in [3.05, 3.63) is 23.8 Å². The van der Waals surface area contributed by atoms with Crippen molar-refractivity contribution in [2.75, 3.05) is 26.9 Å². The number of hydrogen-bond donors (Lipinski definition) is 0. The zero-order valence-electron chi connectivity index (χ0n) is 15.7. The Morgan fingerprint density at radius 1 is 0.833 bits per heavy atom. The molecule has 0 N–H and O–H groups in total. The number of rotatable bonds is 14. The van der Waals surface area contributed by atoms with E-state index in [4.69, 9.17) is 9.47 Å². The largest absolute Gasteiger partial charge is 0.385 e. The summed E-state index contributed by atoms with van der Waals surface area (Å²) in [6.45, 7) is 2.55. The van der Waals surface area contributed by atoms with Crippen LogP contribution in [0.4, 0.5) is 0 Å². The van der Waals surface area contributed by atoms with E-state index in [1.54, 1.807) is 7.11 Å². The SMILES string of the molecule is COCCCOCCCCCCCCCCC#CC1=CCCC=C1. The average Bonchev–Trinajstić information content (AvgIpc) is 2.62. The molecular formula is C22H36O2. The summed E-state index contributed by atoms with van der Waals surface area (Å²) in [5.41, 5.74) is 1.21. The van der Waals surface area contributed by atoms with Crippen LogP contribution in [0.5, 0.6) is 0 Å². The zero-order valence-corrected chi connectivity index (χ0v) is 15.7. The van der Waals surface area contributed by atoms with Crippen molar-refractivity contribution in [1.29, 1.82) is 0 Å². The maximum atomic E-state index is 5.56. The van der Waals surface area contributed by atoms with Gasteiger partial charge >= 0.3 is 0 Å². The van der Waals surface area contributed by atoms with Gasteiger partial charge < -0.3 is 9.47 Å². The van der Waals surface area contributed by atoms with Gasteiger partial charge in [-0.2, -0.15) is 0 Å². The zero-order chi connectivity index (χ0) is 17.1. The summed E-state index contributed by atoms with van der Waals surface area (Å²) in [6, 6.07) is 0. The Kier molecular flexibility index (Phi) is 14.7. The summed E-state index contributed by atoms with van der Waals surface area (Å²) < 4.78 is 10.6. The van der Waals surface area contributed by atoms with Crippen LogP contribution in [0.1, 0.15) is 77.0 Å². The van der Waals surface area contributed by atoms with Crippen LogP contribution in [0.15, 0.2) is 23.8 Å². The molecule has 0 aromatic rings. The molecule has 0 fully saturated rings. The molecule has 0 atom stereocenters. The summed E-state index contributed by atoms with van der Waals surface area (Å²) in [7, 11) is 1.74. The van der Waals surface area contributed by atoms with Crippen molar-refractivity contribution >= 4 is 0 Å². The molecule has 0 bridgehead atoms. The second kappa shape index (κ2) is 16.8. The molecule has 24 heavy (non-hydrogen) atoms. The van der Waals surface area contributed by atoms with Crippen LogP contribution < -0.4 is 0 Å². The van der Waals surface area contributed by atoms with Crippen LogP contribution in [-0.4, -0.2) is 26.9 Å². The van der Waals surface area contributed by atoms with Gasteiger partial charge in [0.1, 0.15) is 0 Å². The molecule has 1 rings (SSSR count). The van der Waals surface area contributed by atoms with Crippen molar-refractivity contribution in [3.8, 4) is 11.8 Å². The monoisotopic (exact) mass is 332 g/mol. The molecule has 0 aromatic carbocycles. The van der Waals surface area contributed by atoms with E-state index in [2.05, 4.69) is 30.1 Å². The van der Waals surface area contributed by atoms with E-state index in [-0.39, 0.29) is 0 Å². The smallest absolute Gasteiger partial charge is 0.0487 e. The molecule has 0 amide bonds. The predicted octanol–water partition coefficient (Wildman–Crippen LogP) is 5.83. The fourth-order valence-corrected chi connectivity index (χ4v) is 2.76. The molecule has 0 aliphatic heterocycles. The molecule has 1 aliphatic rings. The van der Waals surface area contributed by atoms with Gasteiger partial charge in [-0.3, -0.25) is 0 Å². The number of hydrogen-bond acceptors (Lipinski definition) is 2. The lowest BCUT2D eigenvalue weighted by atomic mass is 10.1. The molecule has 2 heteroatoms. The molecule has 0 radical (unpaired) electrons. The highest BCUT2D eigenvalue weighted by molar-refractivity contribution is 5.39. The molecule has 0 unspecified atom stereocenters. The Morgan fingerprint density at radius 2 is 1.54 bits per heavy atom. The molecular weight excluding hydrogens is 296 g/mol. The summed E-state index contributed by atoms with van der Waals surface area (Å²) >= 11 is 0. The Bertz CT molecular complexity index is 398. The molecule has 0 heterocycles. The van der Waals surface area contributed by atoms with Gasteiger partial charge in [0.25, 0.3) is 0 Å². The van der Waals surface area contributed by atoms with Crippen LogP contribution >= 0.6 is 0 Å². The van der Waals surface area contributed by atoms with E-state index in [0.717, 1.165) is 39.1 Å². The van der Waals surface area contributed by atoms with Crippen molar-refractivity contribution in [2.24, 2.45) is 0 Å². The molecule has 136 valence electrons. The summed E-state index contributed by atoms with van der Waals surface area (Å²) in [6.07, 6.45) is 21.5. The lowest BCUT2D eigenvalue weighted by molar-refractivity contribution is 0.100. The van der Waals surface area contributed by atoms with Crippen molar-refractivity contribution in [1.82, 2.24) is 0 Å². The van der Waals surface area contributed by atoms with Crippen molar-refractivity contribution in [2.45, 2.75) is 77.0 Å². The Labute approximate surface area is 149 Å². The van der Waals surface area contributed by atoms with E-state index in [9.17, 15) is 0 Å². The minimum absolute atomic E-state index is 0.806. The third-order valence-electron chi connectivity index (χ3n) is 4.21. The summed E-state index contributed by atoms with van der Waals surface area (Å²) in [5.74, 6) is 6.58. The first-order valence-corrected chi connectivity index (χ1v) is 9.86. The fourth-order valence-electron chi connectivity index (χ4n) is 2.76. The van der Waals surface area contributed by atoms with Crippen LogP contribution in [0, 0.1) is 11.8 Å². The van der Waals surface area contributed by atoms with Crippen molar-refractivity contribution in [3.63, 3.8) is 0 Å². The standard InChI is InChI=1S/C22H36O2/c1-23-19-15-21-24-20-14-9-7-5-3-2-4-6-8-11-16-22-17-12-10-13-18-22/h12,17-18H,2-10,13-15,19-21H2,1H3. The molecule has 0 spiro atoms. The highest BCUT2D eigenvalue weighted by atomic mass is 16.5. The number of unbranched alkanes of at least 4 members (excludes halogenated alkanes) is 8. The summed E-state index contributed by atoms with van der Waals surface area (Å²) in [5, 5.41) is 0. The highest BCUT2D eigenvalue weighted by Gasteiger charge is 1.94. The quantitative estimate of drug-likeness (QED) is 0.294. The first kappa shape index (κ1) is 21.0. The van der Waals surface area contributed by atoms with Gasteiger partial charge in [-0.25, -0.2) is 0 Å². The Hall–Kier alpha value is -1.04. The van der Waals surface area contributed by atoms with Gasteiger partial charge in [-0.05, 0) is 32.1 Å². The highest BCUT2D eigenvalue weighted by Crippen LogP contribution is 2.10. The normalized spacial score (nSPS) is 13.5. The van der Waals surface area contributed by atoms with Gasteiger partial charge in [-0.1, -0.05) is 68.6 Å². The maximum Gasteiger partial charge on any atom is 0.0487 e. The van der Waals surface area contributed by atoms with Crippen LogP contribution in [-0.2, 0) is 9.47 Å². The van der Waals surface area contributed by atoms with Gasteiger partial charge in [0, 0.05) is 38.9 Å². The Morgan fingerprint density at radius 3 is 2.25 bits per heavy atom. The third-order valence-corrected chi connectivity index (χ3v) is 4.21. The molecule has 1 aliphatic carbocycles. The van der Waals surface area contributed by atoms with E-state index in [1.807, 2.05) is 0 Å². The molecule has 2 nitrogen and oxygen atoms in total. The van der Waals surface area contributed by atoms with Gasteiger partial charge in [0.05, 0.1) is 0 Å². The number of allylic oxidation sites excluding steroid dienone is 4. The summed E-state index contributed by atoms with van der Waals surface area (Å²) in [4.78, 5) is 0. The average molecular weight is 333 g/mol. The lowest BCUT2D eigenvalue weighted by Gasteiger charge is -2.04. The van der Waals surface area contributed by atoms with Crippen LogP contribution in [0.2, 0.25) is 0 Å². The van der Waals surface area contributed by atoms with Gasteiger partial charge in [0.2, 0.25) is 0 Å². The predicted molar refractivity (Wildman–Crippen MR) is 103 cm³/mol. The first-order chi connectivity index (χ1) is 11.9. The maximum absolute atomic E-state index is 5.56. The lowest BCUT2D eigenvalue weighted by Crippen LogP contribution is -2.00. The minimum Gasteiger partial charge on any atom is -0.385 e. The van der Waals surface area contributed by atoms with E-state index >= 15 is 0 Å². The van der Waals surface area contributed by atoms with E-state index < -0.39 is 0 Å². The van der Waals surface area contributed by atoms with E-state index in [0.29, 0.717) is 0 Å². The van der Waals surface area contributed by atoms with Gasteiger partial charge in [-0.15, -0.1) is 0 Å². The number of methoxy groups -OCH3 is 1. The molecule has 0 saturated carbocycles. The Balaban J connectivity index is 1.75. The molecule has 0 aromatic heterocycles. The second-order valence-electron chi connectivity index (χ2n) is 6.48. The van der Waals surface area contributed by atoms with E-state index in [1.165, 1.54) is 63.4 Å². The molecule has 0 saturated heterocycles. The second-order valence-corrected chi connectivity index (χ2v) is 6.48. The number of ether oxygens (including phenoxy) is 2. The third kappa shape index (κ3) is 13.4.